The van der Waals surface area contributed by atoms with Gasteiger partial charge in [0.05, 0.1) is 11.1 Å². The number of carbonyl (C=O) groups excluding carboxylic acids is 1. The lowest BCUT2D eigenvalue weighted by atomic mass is 9.82. The maximum absolute atomic E-state index is 15.9. The second-order valence-corrected chi connectivity index (χ2v) is 10.7. The molecular formula is C29H29ClF4N2O4. The van der Waals surface area contributed by atoms with E-state index in [1.807, 2.05) is 30.3 Å². The van der Waals surface area contributed by atoms with Crippen LogP contribution >= 0.6 is 11.6 Å². The van der Waals surface area contributed by atoms with Crippen molar-refractivity contribution < 1.29 is 36.9 Å². The third-order valence-electron chi connectivity index (χ3n) is 7.83. The summed E-state index contributed by atoms with van der Waals surface area (Å²) in [6.45, 7) is -3.00. The number of nitrogens with one attached hydrogen (secondary N) is 1. The third kappa shape index (κ3) is 5.50. The molecule has 0 spiro atoms. The van der Waals surface area contributed by atoms with Gasteiger partial charge in [-0.25, -0.2) is 8.78 Å². The molecule has 214 valence electrons. The number of aliphatic hydroxyl groups is 1. The molecule has 1 saturated carbocycles. The topological polar surface area (TPSA) is 93.8 Å². The number of alkyl halides is 3. The molecule has 1 amide bonds. The quantitative estimate of drug-likeness (QED) is 0.384. The molecule has 11 heteroatoms. The molecule has 1 aliphatic heterocycles. The summed E-state index contributed by atoms with van der Waals surface area (Å²) >= 11 is 6.41. The van der Waals surface area contributed by atoms with E-state index in [1.165, 1.54) is 0 Å². The number of hydrogen-bond acceptors (Lipinski definition) is 5. The first-order chi connectivity index (χ1) is 19.1. The summed E-state index contributed by atoms with van der Waals surface area (Å²) in [5.41, 5.74) is 4.63. The summed E-state index contributed by atoms with van der Waals surface area (Å²) < 4.78 is 68.0. The lowest BCUT2D eigenvalue weighted by Crippen LogP contribution is -2.47. The summed E-state index contributed by atoms with van der Waals surface area (Å²) in [5.74, 6) is -1.88. The second-order valence-electron chi connectivity index (χ2n) is 10.4. The molecule has 6 nitrogen and oxygen atoms in total. The van der Waals surface area contributed by atoms with E-state index in [1.54, 1.807) is 0 Å². The van der Waals surface area contributed by atoms with Crippen molar-refractivity contribution in [3.8, 4) is 5.75 Å². The van der Waals surface area contributed by atoms with Crippen LogP contribution in [0.1, 0.15) is 42.4 Å². The van der Waals surface area contributed by atoms with Crippen LogP contribution in [-0.4, -0.2) is 48.6 Å². The van der Waals surface area contributed by atoms with Crippen molar-refractivity contribution in [2.45, 2.75) is 68.7 Å². The van der Waals surface area contributed by atoms with Crippen molar-refractivity contribution in [1.82, 2.24) is 5.32 Å². The summed E-state index contributed by atoms with van der Waals surface area (Å²) in [6.07, 6.45) is 0.666. The van der Waals surface area contributed by atoms with Crippen LogP contribution in [0.5, 0.6) is 5.75 Å². The third-order valence-corrected chi connectivity index (χ3v) is 8.20. The Hall–Kier alpha value is -2.92. The second kappa shape index (κ2) is 11.5. The molecule has 2 aromatic rings. The number of aliphatic hydroxyl groups excluding tert-OH is 1. The van der Waals surface area contributed by atoms with E-state index in [0.717, 1.165) is 36.6 Å². The predicted octanol–water partition coefficient (Wildman–Crippen LogP) is 4.96. The highest BCUT2D eigenvalue weighted by atomic mass is 35.5. The average Bonchev–Trinajstić information content (AvgIpc) is 3.30. The molecule has 0 aromatic heterocycles. The fourth-order valence-electron chi connectivity index (χ4n) is 5.82. The van der Waals surface area contributed by atoms with Crippen LogP contribution in [0.4, 0.5) is 17.6 Å². The largest absolute Gasteiger partial charge is 0.480 e. The maximum Gasteiger partial charge on any atom is 0.345 e. The monoisotopic (exact) mass is 580 g/mol. The van der Waals surface area contributed by atoms with Gasteiger partial charge >= 0.3 is 6.61 Å². The van der Waals surface area contributed by atoms with Crippen LogP contribution < -0.4 is 15.8 Å². The zero-order valence-electron chi connectivity index (χ0n) is 21.4. The van der Waals surface area contributed by atoms with Gasteiger partial charge in [-0.2, -0.15) is 8.78 Å². The average molecular weight is 581 g/mol. The first-order valence-corrected chi connectivity index (χ1v) is 13.4. The fourth-order valence-corrected chi connectivity index (χ4v) is 6.09. The Morgan fingerprint density at radius 2 is 1.93 bits per heavy atom. The van der Waals surface area contributed by atoms with Gasteiger partial charge in [0.25, 0.3) is 0 Å². The molecule has 3 aliphatic rings. The number of rotatable bonds is 8. The van der Waals surface area contributed by atoms with Crippen molar-refractivity contribution >= 4 is 23.1 Å². The van der Waals surface area contributed by atoms with Gasteiger partial charge in [-0.05, 0) is 31.2 Å². The van der Waals surface area contributed by atoms with E-state index >= 15 is 8.78 Å². The molecular weight excluding hydrogens is 552 g/mol. The smallest absolute Gasteiger partial charge is 0.345 e. The lowest BCUT2D eigenvalue weighted by Gasteiger charge is -2.34. The zero-order valence-corrected chi connectivity index (χ0v) is 22.1. The minimum Gasteiger partial charge on any atom is -0.480 e. The number of amides is 1. The van der Waals surface area contributed by atoms with Crippen LogP contribution in [0.2, 0.25) is 5.02 Å². The maximum atomic E-state index is 15.9. The highest BCUT2D eigenvalue weighted by Crippen LogP contribution is 2.50. The van der Waals surface area contributed by atoms with E-state index in [4.69, 9.17) is 22.1 Å². The number of nitrogens with two attached hydrogens (primary N) is 1. The van der Waals surface area contributed by atoms with Gasteiger partial charge in [0.1, 0.15) is 17.7 Å². The van der Waals surface area contributed by atoms with Crippen LogP contribution in [0, 0.1) is 5.82 Å². The number of ether oxygens (including phenoxy) is 2. The first kappa shape index (κ1) is 28.6. The number of benzene rings is 2. The highest BCUT2D eigenvalue weighted by Gasteiger charge is 2.46. The van der Waals surface area contributed by atoms with Gasteiger partial charge < -0.3 is 25.6 Å². The number of halogens is 5. The number of fused-ring (bicyclic) bond motifs is 1. The Balaban J connectivity index is 1.59. The first-order valence-electron chi connectivity index (χ1n) is 13.1. The van der Waals surface area contributed by atoms with Crippen LogP contribution in [0.3, 0.4) is 0 Å². The van der Waals surface area contributed by atoms with Crippen molar-refractivity contribution in [3.05, 3.63) is 81.7 Å². The number of primary amides is 1. The molecule has 3 atom stereocenters. The van der Waals surface area contributed by atoms with Crippen LogP contribution in [-0.2, 0) is 21.6 Å². The molecule has 40 heavy (non-hydrogen) atoms. The van der Waals surface area contributed by atoms with E-state index in [9.17, 15) is 18.7 Å². The van der Waals surface area contributed by atoms with Gasteiger partial charge in [-0.15, -0.1) is 0 Å². The zero-order chi connectivity index (χ0) is 28.6. The number of hydrogen-bond donors (Lipinski definition) is 3. The summed E-state index contributed by atoms with van der Waals surface area (Å²) in [5, 5.41) is 12.9. The normalized spacial score (nSPS) is 28.1. The molecule has 2 unspecified atom stereocenters. The van der Waals surface area contributed by atoms with E-state index < -0.39 is 46.8 Å². The van der Waals surface area contributed by atoms with E-state index in [-0.39, 0.29) is 35.5 Å². The van der Waals surface area contributed by atoms with Gasteiger partial charge in [0.2, 0.25) is 5.91 Å². The Morgan fingerprint density at radius 1 is 1.23 bits per heavy atom. The number of carbonyl (C=O) groups is 1. The van der Waals surface area contributed by atoms with E-state index in [2.05, 4.69) is 10.1 Å². The molecule has 0 saturated heterocycles. The van der Waals surface area contributed by atoms with Crippen LogP contribution in [0.15, 0.2) is 54.1 Å². The standard InChI is InChI=1S/C29H29ClF4N2O4/c30-25-20(31)12-22-19(23(25)24-18(27(35)38)10-11-21(26(24)32)39-28(33)34)13-29(40-22,15-4-2-1-3-5-15)14-36-16-6-8-17(37)9-7-16/h1-5,10-12,16-17,21,26,28,36-37H,6-9,13-14H2,(H2,35,38)/t16?,17?,21?,26?,29-/m1/s1. The fraction of sp³-hybridized carbons (Fsp3) is 0.414. The molecule has 0 bridgehead atoms. The van der Waals surface area contributed by atoms with Gasteiger partial charge in [-0.3, -0.25) is 4.79 Å². The molecule has 4 N–H and O–H groups in total. The Kier molecular flexibility index (Phi) is 8.24. The molecule has 5 rings (SSSR count). The SMILES string of the molecule is NC(=O)C1=C(c2c(Cl)c(F)cc3c2C[C@@](CNC2CCC(O)CC2)(c2ccccc2)O3)C(F)C(OC(F)F)C=C1. The van der Waals surface area contributed by atoms with E-state index in [0.29, 0.717) is 24.9 Å². The molecule has 2 aromatic carbocycles. The molecule has 0 radical (unpaired) electrons. The summed E-state index contributed by atoms with van der Waals surface area (Å²) in [7, 11) is 0. The summed E-state index contributed by atoms with van der Waals surface area (Å²) in [4.78, 5) is 12.3. The lowest BCUT2D eigenvalue weighted by molar-refractivity contribution is -0.159. The van der Waals surface area contributed by atoms with Crippen LogP contribution in [0.25, 0.3) is 5.57 Å². The molecule has 1 heterocycles. The minimum absolute atomic E-state index is 0.0889. The highest BCUT2D eigenvalue weighted by molar-refractivity contribution is 6.33. The van der Waals surface area contributed by atoms with Gasteiger partial charge in [0, 0.05) is 47.3 Å². The van der Waals surface area contributed by atoms with Gasteiger partial charge in [0.15, 0.2) is 11.8 Å². The Bertz CT molecular complexity index is 1330. The summed E-state index contributed by atoms with van der Waals surface area (Å²) in [6, 6.07) is 10.4. The van der Waals surface area contributed by atoms with Crippen molar-refractivity contribution in [2.24, 2.45) is 5.73 Å². The Labute approximate surface area is 233 Å². The van der Waals surface area contributed by atoms with Crippen molar-refractivity contribution in [2.75, 3.05) is 6.54 Å². The van der Waals surface area contributed by atoms with Gasteiger partial charge in [-0.1, -0.05) is 54.1 Å². The minimum atomic E-state index is -3.29. The predicted molar refractivity (Wildman–Crippen MR) is 141 cm³/mol. The Morgan fingerprint density at radius 3 is 2.58 bits per heavy atom. The van der Waals surface area contributed by atoms with Crippen molar-refractivity contribution in [1.29, 1.82) is 0 Å². The van der Waals surface area contributed by atoms with Crippen molar-refractivity contribution in [3.63, 3.8) is 0 Å². The molecule has 1 fully saturated rings. The molecule has 2 aliphatic carbocycles.